The molecule has 0 heterocycles. The summed E-state index contributed by atoms with van der Waals surface area (Å²) in [7, 11) is 0. The van der Waals surface area contributed by atoms with Crippen LogP contribution in [0.5, 0.6) is 0 Å². The van der Waals surface area contributed by atoms with Gasteiger partial charge in [0.05, 0.1) is 0 Å². The van der Waals surface area contributed by atoms with Crippen LogP contribution in [0.15, 0.2) is 22.7 Å². The molecule has 0 unspecified atom stereocenters. The maximum Gasteiger partial charge on any atom is 0.328 e. The van der Waals surface area contributed by atoms with E-state index in [1.807, 2.05) is 26.0 Å². The van der Waals surface area contributed by atoms with Crippen LogP contribution in [0.2, 0.25) is 0 Å². The summed E-state index contributed by atoms with van der Waals surface area (Å²) in [6.07, 6.45) is 2.78. The lowest BCUT2D eigenvalue weighted by Crippen LogP contribution is -1.90. The van der Waals surface area contributed by atoms with Crippen molar-refractivity contribution in [2.75, 3.05) is 0 Å². The van der Waals surface area contributed by atoms with Gasteiger partial charge in [-0.05, 0) is 48.7 Å². The second-order valence-corrected chi connectivity index (χ2v) is 4.04. The van der Waals surface area contributed by atoms with Crippen molar-refractivity contribution in [3.8, 4) is 0 Å². The molecule has 74 valence electrons. The van der Waals surface area contributed by atoms with Gasteiger partial charge in [0.1, 0.15) is 0 Å². The lowest BCUT2D eigenvalue weighted by molar-refractivity contribution is -0.131. The average molecular weight is 255 g/mol. The van der Waals surface area contributed by atoms with Gasteiger partial charge in [-0.2, -0.15) is 0 Å². The summed E-state index contributed by atoms with van der Waals surface area (Å²) >= 11 is 3.39. The first-order valence-corrected chi connectivity index (χ1v) is 4.98. The first-order chi connectivity index (χ1) is 6.50. The zero-order chi connectivity index (χ0) is 10.7. The van der Waals surface area contributed by atoms with E-state index >= 15 is 0 Å². The van der Waals surface area contributed by atoms with Crippen molar-refractivity contribution >= 4 is 28.0 Å². The van der Waals surface area contributed by atoms with E-state index in [0.29, 0.717) is 0 Å². The first kappa shape index (κ1) is 11.0. The second-order valence-electron chi connectivity index (χ2n) is 3.12. The normalized spacial score (nSPS) is 10.8. The molecule has 0 saturated heterocycles. The molecule has 1 rings (SSSR count). The third kappa shape index (κ3) is 2.70. The van der Waals surface area contributed by atoms with Crippen LogP contribution in [0.4, 0.5) is 0 Å². The molecule has 1 aromatic carbocycles. The highest BCUT2D eigenvalue weighted by atomic mass is 79.9. The van der Waals surface area contributed by atoms with Crippen LogP contribution < -0.4 is 0 Å². The fourth-order valence-corrected chi connectivity index (χ4v) is 2.03. The van der Waals surface area contributed by atoms with Crippen molar-refractivity contribution in [2.24, 2.45) is 0 Å². The number of hydrogen-bond acceptors (Lipinski definition) is 1. The summed E-state index contributed by atoms with van der Waals surface area (Å²) in [6.45, 7) is 3.92. The molecule has 1 aromatic rings. The second kappa shape index (κ2) is 4.42. The summed E-state index contributed by atoms with van der Waals surface area (Å²) in [4.78, 5) is 10.4. The monoisotopic (exact) mass is 254 g/mol. The molecule has 1 N–H and O–H groups in total. The van der Waals surface area contributed by atoms with E-state index in [1.54, 1.807) is 6.08 Å². The highest BCUT2D eigenvalue weighted by Gasteiger charge is 2.01. The van der Waals surface area contributed by atoms with Crippen LogP contribution in [-0.2, 0) is 4.79 Å². The molecule has 0 aliphatic rings. The Morgan fingerprint density at radius 1 is 1.36 bits per heavy atom. The van der Waals surface area contributed by atoms with E-state index in [2.05, 4.69) is 15.9 Å². The molecule has 0 bridgehead atoms. The molecule has 0 saturated carbocycles. The average Bonchev–Trinajstić information content (AvgIpc) is 2.01. The minimum absolute atomic E-state index is 0.924. The summed E-state index contributed by atoms with van der Waals surface area (Å²) in [6, 6.07) is 3.93. The molecule has 3 heteroatoms. The number of hydrogen-bond donors (Lipinski definition) is 1. The lowest BCUT2D eigenvalue weighted by atomic mass is 10.0. The van der Waals surface area contributed by atoms with E-state index in [-0.39, 0.29) is 0 Å². The molecule has 0 aromatic heterocycles. The van der Waals surface area contributed by atoms with Gasteiger partial charge in [0.15, 0.2) is 0 Å². The Hall–Kier alpha value is -1.09. The Bertz CT molecular complexity index is 371. The molecule has 0 radical (unpaired) electrons. The van der Waals surface area contributed by atoms with Gasteiger partial charge < -0.3 is 5.11 Å². The van der Waals surface area contributed by atoms with Gasteiger partial charge in [-0.15, -0.1) is 0 Å². The predicted molar refractivity (Wildman–Crippen MR) is 60.3 cm³/mol. The van der Waals surface area contributed by atoms with Gasteiger partial charge in [-0.1, -0.05) is 15.9 Å². The zero-order valence-corrected chi connectivity index (χ0v) is 9.63. The van der Waals surface area contributed by atoms with Crippen LogP contribution in [0.25, 0.3) is 6.08 Å². The third-order valence-electron chi connectivity index (χ3n) is 1.95. The summed E-state index contributed by atoms with van der Waals surface area (Å²) in [5, 5.41) is 8.52. The highest BCUT2D eigenvalue weighted by molar-refractivity contribution is 9.10. The molecule has 0 atom stereocenters. The summed E-state index contributed by atoms with van der Waals surface area (Å²) < 4.78 is 1.01. The molecule has 0 spiro atoms. The van der Waals surface area contributed by atoms with Crippen molar-refractivity contribution in [3.05, 3.63) is 39.4 Å². The molecule has 2 nitrogen and oxygen atoms in total. The van der Waals surface area contributed by atoms with Gasteiger partial charge in [-0.3, -0.25) is 0 Å². The van der Waals surface area contributed by atoms with Crippen LogP contribution in [0.3, 0.4) is 0 Å². The fraction of sp³-hybridized carbons (Fsp3) is 0.182. The Labute approximate surface area is 91.4 Å². The predicted octanol–water partition coefficient (Wildman–Crippen LogP) is 3.16. The number of aryl methyl sites for hydroxylation is 2. The molecule has 14 heavy (non-hydrogen) atoms. The van der Waals surface area contributed by atoms with Crippen molar-refractivity contribution in [1.82, 2.24) is 0 Å². The first-order valence-electron chi connectivity index (χ1n) is 4.18. The Balaban J connectivity index is 3.15. The van der Waals surface area contributed by atoms with Crippen LogP contribution in [-0.4, -0.2) is 11.1 Å². The number of carbonyl (C=O) groups is 1. The summed E-state index contributed by atoms with van der Waals surface area (Å²) in [5.74, 6) is -0.924. The SMILES string of the molecule is Cc1cc(Br)cc(C)c1C=CC(=O)O. The molecule has 0 fully saturated rings. The maximum absolute atomic E-state index is 10.4. The van der Waals surface area contributed by atoms with Crippen LogP contribution in [0.1, 0.15) is 16.7 Å². The lowest BCUT2D eigenvalue weighted by Gasteiger charge is -2.05. The van der Waals surface area contributed by atoms with Gasteiger partial charge >= 0.3 is 5.97 Å². The van der Waals surface area contributed by atoms with Gasteiger partial charge in [-0.25, -0.2) is 4.79 Å². The van der Waals surface area contributed by atoms with E-state index in [0.717, 1.165) is 27.2 Å². The van der Waals surface area contributed by atoms with Gasteiger partial charge in [0, 0.05) is 10.5 Å². The third-order valence-corrected chi connectivity index (χ3v) is 2.41. The number of benzene rings is 1. The van der Waals surface area contributed by atoms with Gasteiger partial charge in [0.2, 0.25) is 0 Å². The van der Waals surface area contributed by atoms with Crippen molar-refractivity contribution in [3.63, 3.8) is 0 Å². The Kier molecular flexibility index (Phi) is 3.47. The molecule has 0 aliphatic heterocycles. The number of rotatable bonds is 2. The molecular formula is C11H11BrO2. The summed E-state index contributed by atoms with van der Waals surface area (Å²) in [5.41, 5.74) is 3.10. The Morgan fingerprint density at radius 2 is 1.86 bits per heavy atom. The van der Waals surface area contributed by atoms with Crippen LogP contribution in [0, 0.1) is 13.8 Å². The largest absolute Gasteiger partial charge is 0.478 e. The number of carboxylic acid groups (broad SMARTS) is 1. The maximum atomic E-state index is 10.4. The minimum Gasteiger partial charge on any atom is -0.478 e. The smallest absolute Gasteiger partial charge is 0.328 e. The number of aliphatic carboxylic acids is 1. The molecule has 0 aliphatic carbocycles. The van der Waals surface area contributed by atoms with Gasteiger partial charge in [0.25, 0.3) is 0 Å². The minimum atomic E-state index is -0.924. The van der Waals surface area contributed by atoms with Crippen molar-refractivity contribution in [1.29, 1.82) is 0 Å². The van der Waals surface area contributed by atoms with Crippen molar-refractivity contribution < 1.29 is 9.90 Å². The van der Waals surface area contributed by atoms with Crippen molar-refractivity contribution in [2.45, 2.75) is 13.8 Å². The zero-order valence-electron chi connectivity index (χ0n) is 8.04. The van der Waals surface area contributed by atoms with E-state index in [1.165, 1.54) is 0 Å². The highest BCUT2D eigenvalue weighted by Crippen LogP contribution is 2.21. The Morgan fingerprint density at radius 3 is 2.29 bits per heavy atom. The fourth-order valence-electron chi connectivity index (χ4n) is 1.34. The van der Waals surface area contributed by atoms with E-state index in [9.17, 15) is 4.79 Å². The quantitative estimate of drug-likeness (QED) is 0.824. The van der Waals surface area contributed by atoms with E-state index in [4.69, 9.17) is 5.11 Å². The van der Waals surface area contributed by atoms with E-state index < -0.39 is 5.97 Å². The number of carboxylic acids is 1. The topological polar surface area (TPSA) is 37.3 Å². The molecular weight excluding hydrogens is 244 g/mol. The number of halogens is 1. The standard InChI is InChI=1S/C11H11BrO2/c1-7-5-9(12)6-8(2)10(7)3-4-11(13)14/h3-6H,1-2H3,(H,13,14). The van der Waals surface area contributed by atoms with Crippen LogP contribution >= 0.6 is 15.9 Å². The molecule has 0 amide bonds.